The number of pyridine rings is 2. The Bertz CT molecular complexity index is 1590. The number of halogens is 1. The third-order valence-electron chi connectivity index (χ3n) is 5.66. The Balaban J connectivity index is 1.81. The molecule has 0 unspecified atom stereocenters. The number of nitrogens with zero attached hydrogens (tertiary/aromatic N) is 6. The Morgan fingerprint density at radius 3 is 2.54 bits per heavy atom. The Kier molecular flexibility index (Phi) is 5.48. The van der Waals surface area contributed by atoms with Crippen LogP contribution in [0.3, 0.4) is 0 Å². The van der Waals surface area contributed by atoms with E-state index >= 15 is 0 Å². The van der Waals surface area contributed by atoms with E-state index in [4.69, 9.17) is 5.73 Å². The predicted octanol–water partition coefficient (Wildman–Crippen LogP) is 2.58. The summed E-state index contributed by atoms with van der Waals surface area (Å²) in [5, 5.41) is 3.19. The number of benzene rings is 1. The fourth-order valence-electron chi connectivity index (χ4n) is 4.03. The van der Waals surface area contributed by atoms with Crippen molar-refractivity contribution in [2.45, 2.75) is 13.5 Å². The van der Waals surface area contributed by atoms with E-state index in [0.29, 0.717) is 22.6 Å². The highest BCUT2D eigenvalue weighted by molar-refractivity contribution is 5.89. The topological polar surface area (TPSA) is 110 Å². The Morgan fingerprint density at radius 2 is 1.86 bits per heavy atom. The van der Waals surface area contributed by atoms with Gasteiger partial charge in [0.15, 0.2) is 0 Å². The highest BCUT2D eigenvalue weighted by Gasteiger charge is 2.26. The molecule has 9 nitrogen and oxygen atoms in total. The van der Waals surface area contributed by atoms with Gasteiger partial charge in [0.05, 0.1) is 17.5 Å². The second-order valence-electron chi connectivity index (χ2n) is 8.44. The quantitative estimate of drug-likeness (QED) is 0.381. The number of aromatic nitrogens is 6. The predicted molar refractivity (Wildman–Crippen MR) is 131 cm³/mol. The van der Waals surface area contributed by atoms with Crippen molar-refractivity contribution in [3.63, 3.8) is 0 Å². The summed E-state index contributed by atoms with van der Waals surface area (Å²) >= 11 is 0. The molecule has 0 aliphatic rings. The molecule has 0 spiro atoms. The minimum absolute atomic E-state index is 0.0493. The fraction of sp³-hybridized carbons (Fsp3) is 0.160. The minimum atomic E-state index is -0.444. The van der Waals surface area contributed by atoms with Crippen LogP contribution in [0.2, 0.25) is 0 Å². The van der Waals surface area contributed by atoms with Crippen LogP contribution in [0.15, 0.2) is 65.6 Å². The molecule has 0 aliphatic carbocycles. The summed E-state index contributed by atoms with van der Waals surface area (Å²) < 4.78 is 16.0. The number of nitrogen functional groups attached to an aromatic ring is 1. The van der Waals surface area contributed by atoms with Crippen LogP contribution in [-0.2, 0) is 6.54 Å². The van der Waals surface area contributed by atoms with Crippen molar-refractivity contribution in [2.24, 2.45) is 0 Å². The van der Waals surface area contributed by atoms with Gasteiger partial charge in [0.1, 0.15) is 23.9 Å². The summed E-state index contributed by atoms with van der Waals surface area (Å²) in [4.78, 5) is 28.6. The van der Waals surface area contributed by atoms with Crippen molar-refractivity contribution in [3.8, 4) is 22.4 Å². The number of rotatable bonds is 5. The van der Waals surface area contributed by atoms with Crippen LogP contribution in [-0.4, -0.2) is 38.8 Å². The van der Waals surface area contributed by atoms with Crippen LogP contribution in [0.5, 0.6) is 0 Å². The molecule has 4 aromatic heterocycles. The van der Waals surface area contributed by atoms with Crippen molar-refractivity contribution in [1.82, 2.24) is 24.7 Å². The number of hydrogen-bond acceptors (Lipinski definition) is 6. The first-order chi connectivity index (χ1) is 16.8. The maximum absolute atomic E-state index is 13.3. The van der Waals surface area contributed by atoms with Crippen LogP contribution < -0.4 is 20.7 Å². The Morgan fingerprint density at radius 1 is 1.09 bits per heavy atom. The first kappa shape index (κ1) is 22.2. The molecule has 0 aliphatic heterocycles. The third kappa shape index (κ3) is 4.10. The summed E-state index contributed by atoms with van der Waals surface area (Å²) in [6.07, 6.45) is 1.12. The number of nitrogens with two attached hydrogens (primary N) is 1. The van der Waals surface area contributed by atoms with E-state index in [1.165, 1.54) is 21.2 Å². The lowest BCUT2D eigenvalue weighted by Crippen LogP contribution is -2.44. The molecule has 176 valence electrons. The highest BCUT2D eigenvalue weighted by atomic mass is 19.1. The summed E-state index contributed by atoms with van der Waals surface area (Å²) in [6.45, 7) is 2.03. The van der Waals surface area contributed by atoms with Gasteiger partial charge in [-0.25, -0.2) is 19.3 Å². The average molecular weight is 472 g/mol. The SMILES string of the molecule is Cc1cc(-c2c(-c3ccccc3)nc(N)[n+]3c(=O)n(Cc4ccc(F)cn4)[nH]c23)cc(N(C)C)n1. The molecule has 0 radical (unpaired) electrons. The lowest BCUT2D eigenvalue weighted by molar-refractivity contribution is -0.516. The molecular weight excluding hydrogens is 447 g/mol. The number of aryl methyl sites for hydroxylation is 1. The monoisotopic (exact) mass is 471 g/mol. The second-order valence-corrected chi connectivity index (χ2v) is 8.44. The van der Waals surface area contributed by atoms with E-state index in [0.717, 1.165) is 28.8 Å². The van der Waals surface area contributed by atoms with E-state index in [1.54, 1.807) is 0 Å². The molecule has 0 atom stereocenters. The molecule has 1 aromatic carbocycles. The van der Waals surface area contributed by atoms with Gasteiger partial charge < -0.3 is 10.6 Å². The normalized spacial score (nSPS) is 11.2. The molecule has 10 heteroatoms. The first-order valence-corrected chi connectivity index (χ1v) is 11.0. The van der Waals surface area contributed by atoms with E-state index in [2.05, 4.69) is 20.1 Å². The van der Waals surface area contributed by atoms with Crippen molar-refractivity contribution in [2.75, 3.05) is 24.7 Å². The highest BCUT2D eigenvalue weighted by Crippen LogP contribution is 2.34. The maximum Gasteiger partial charge on any atom is 0.428 e. The van der Waals surface area contributed by atoms with Crippen LogP contribution in [0.1, 0.15) is 11.4 Å². The average Bonchev–Trinajstić information content (AvgIpc) is 3.16. The van der Waals surface area contributed by atoms with Gasteiger partial charge in [0.25, 0.3) is 0 Å². The molecular formula is C25H24FN8O+. The summed E-state index contributed by atoms with van der Waals surface area (Å²) in [7, 11) is 3.84. The van der Waals surface area contributed by atoms with Gasteiger partial charge in [-0.15, -0.1) is 9.38 Å². The molecule has 0 saturated heterocycles. The van der Waals surface area contributed by atoms with Gasteiger partial charge in [-0.05, 0) is 36.8 Å². The third-order valence-corrected chi connectivity index (χ3v) is 5.66. The lowest BCUT2D eigenvalue weighted by atomic mass is 10.00. The van der Waals surface area contributed by atoms with Crippen molar-refractivity contribution in [1.29, 1.82) is 0 Å². The van der Waals surface area contributed by atoms with Crippen LogP contribution in [0, 0.1) is 12.7 Å². The molecule has 0 amide bonds. The number of nitrogens with one attached hydrogen (secondary N) is 1. The van der Waals surface area contributed by atoms with Crippen LogP contribution in [0.25, 0.3) is 28.0 Å². The van der Waals surface area contributed by atoms with Gasteiger partial charge in [-0.2, -0.15) is 4.68 Å². The first-order valence-electron chi connectivity index (χ1n) is 11.0. The maximum atomic E-state index is 13.3. The Labute approximate surface area is 200 Å². The van der Waals surface area contributed by atoms with Crippen molar-refractivity contribution >= 4 is 17.4 Å². The van der Waals surface area contributed by atoms with Crippen LogP contribution >= 0.6 is 0 Å². The molecule has 5 aromatic rings. The number of H-pyrrole nitrogens is 1. The van der Waals surface area contributed by atoms with Crippen LogP contribution in [0.4, 0.5) is 16.2 Å². The van der Waals surface area contributed by atoms with Crippen molar-refractivity contribution < 1.29 is 8.79 Å². The molecule has 0 bridgehead atoms. The van der Waals surface area contributed by atoms with Gasteiger partial charge in [0.2, 0.25) is 5.65 Å². The molecule has 4 heterocycles. The molecule has 5 rings (SSSR count). The zero-order valence-electron chi connectivity index (χ0n) is 19.5. The minimum Gasteiger partial charge on any atom is -0.363 e. The molecule has 0 saturated carbocycles. The fourth-order valence-corrected chi connectivity index (χ4v) is 4.03. The Hall–Kier alpha value is -4.60. The zero-order valence-corrected chi connectivity index (χ0v) is 19.5. The second kappa shape index (κ2) is 8.64. The lowest BCUT2D eigenvalue weighted by Gasteiger charge is -2.15. The standard InChI is InChI=1S/C25H23FN8O/c1-15-11-17(12-20(29-15)32(2)3)21-22(16-7-5-4-6-8-16)30-24(27)34-23(21)31-33(25(34)35)14-19-10-9-18(26)13-28-19/h4-13H,14H2,1-3H3,(H2,27,29,30,31)/p+1. The smallest absolute Gasteiger partial charge is 0.363 e. The largest absolute Gasteiger partial charge is 0.428 e. The molecule has 0 fully saturated rings. The molecule has 3 N–H and O–H groups in total. The van der Waals surface area contributed by atoms with Gasteiger partial charge in [-0.1, -0.05) is 30.3 Å². The van der Waals surface area contributed by atoms with Gasteiger partial charge in [0, 0.05) is 25.4 Å². The van der Waals surface area contributed by atoms with Crippen molar-refractivity contribution in [3.05, 3.63) is 88.5 Å². The summed E-state index contributed by atoms with van der Waals surface area (Å²) in [5.41, 5.74) is 10.8. The number of fused-ring (bicyclic) bond motifs is 1. The van der Waals surface area contributed by atoms with E-state index in [-0.39, 0.29) is 12.5 Å². The van der Waals surface area contributed by atoms with E-state index < -0.39 is 11.5 Å². The van der Waals surface area contributed by atoms with Gasteiger partial charge in [-0.3, -0.25) is 4.98 Å². The summed E-state index contributed by atoms with van der Waals surface area (Å²) in [6, 6.07) is 16.4. The number of aromatic amines is 1. The number of hydrogen-bond donors (Lipinski definition) is 2. The summed E-state index contributed by atoms with van der Waals surface area (Å²) in [5.74, 6) is 0.375. The molecule has 35 heavy (non-hydrogen) atoms. The van der Waals surface area contributed by atoms with Gasteiger partial charge >= 0.3 is 11.6 Å². The van der Waals surface area contributed by atoms with E-state index in [9.17, 15) is 9.18 Å². The zero-order chi connectivity index (χ0) is 24.7. The number of anilines is 2. The van der Waals surface area contributed by atoms with E-state index in [1.807, 2.05) is 68.4 Å².